The van der Waals surface area contributed by atoms with Gasteiger partial charge in [0.05, 0.1) is 36.1 Å². The minimum atomic E-state index is -4.34. The Hall–Kier alpha value is -4.55. The second-order valence-electron chi connectivity index (χ2n) is 8.91. The summed E-state index contributed by atoms with van der Waals surface area (Å²) in [7, 11) is 0. The van der Waals surface area contributed by atoms with E-state index in [1.807, 2.05) is 13.0 Å². The Labute approximate surface area is 216 Å². The van der Waals surface area contributed by atoms with Crippen LogP contribution in [-0.2, 0) is 0 Å². The van der Waals surface area contributed by atoms with Crippen LogP contribution in [0.5, 0.6) is 0 Å². The number of anilines is 3. The zero-order valence-corrected chi connectivity index (χ0v) is 20.4. The number of pyridine rings is 2. The van der Waals surface area contributed by atoms with Crippen LogP contribution in [0.4, 0.5) is 30.6 Å². The summed E-state index contributed by atoms with van der Waals surface area (Å²) in [5.41, 5.74) is 1.63. The van der Waals surface area contributed by atoms with Gasteiger partial charge in [-0.2, -0.15) is 13.2 Å². The van der Waals surface area contributed by atoms with Gasteiger partial charge in [0.1, 0.15) is 18.0 Å². The van der Waals surface area contributed by atoms with E-state index < -0.39 is 24.5 Å². The smallest absolute Gasteiger partial charge is 0.350 e. The van der Waals surface area contributed by atoms with Gasteiger partial charge in [-0.1, -0.05) is 6.07 Å². The maximum Gasteiger partial charge on any atom is 0.391 e. The molecule has 1 unspecified atom stereocenters. The van der Waals surface area contributed by atoms with Gasteiger partial charge in [-0.05, 0) is 30.7 Å². The number of piperazine rings is 1. The number of carbonyl (C=O) groups is 1. The molecule has 0 bridgehead atoms. The van der Waals surface area contributed by atoms with Gasteiger partial charge in [-0.3, -0.25) is 9.36 Å². The molecule has 4 aromatic heterocycles. The first-order valence-corrected chi connectivity index (χ1v) is 11.8. The Balaban J connectivity index is 1.24. The number of carbonyl (C=O) groups excluding carboxylic acids is 1. The summed E-state index contributed by atoms with van der Waals surface area (Å²) >= 11 is 0. The Morgan fingerprint density at radius 1 is 1.00 bits per heavy atom. The third kappa shape index (κ3) is 5.88. The van der Waals surface area contributed by atoms with Crippen LogP contribution in [0.2, 0.25) is 0 Å². The van der Waals surface area contributed by atoms with Gasteiger partial charge in [0.15, 0.2) is 0 Å². The van der Waals surface area contributed by atoms with Gasteiger partial charge in [-0.15, -0.1) is 0 Å². The summed E-state index contributed by atoms with van der Waals surface area (Å²) in [4.78, 5) is 37.1. The molecule has 1 N–H and O–H groups in total. The highest BCUT2D eigenvalue weighted by molar-refractivity contribution is 6.03. The number of nitrogens with zero attached hydrogens (tertiary/aromatic N) is 8. The first-order chi connectivity index (χ1) is 18.2. The van der Waals surface area contributed by atoms with E-state index in [0.717, 1.165) is 5.56 Å². The van der Waals surface area contributed by atoms with Crippen molar-refractivity contribution < 1.29 is 18.0 Å². The number of aromatic nitrogens is 6. The Bertz CT molecular complexity index is 1360. The van der Waals surface area contributed by atoms with E-state index >= 15 is 0 Å². The predicted octanol–water partition coefficient (Wildman–Crippen LogP) is 3.66. The van der Waals surface area contributed by atoms with Gasteiger partial charge >= 0.3 is 6.18 Å². The lowest BCUT2D eigenvalue weighted by atomic mass is 10.1. The molecule has 10 nitrogen and oxygen atoms in total. The zero-order chi connectivity index (χ0) is 26.7. The Kier molecular flexibility index (Phi) is 6.90. The normalized spacial score (nSPS) is 15.9. The van der Waals surface area contributed by atoms with Crippen molar-refractivity contribution in [2.45, 2.75) is 25.6 Å². The van der Waals surface area contributed by atoms with Gasteiger partial charge in [-0.25, -0.2) is 24.9 Å². The minimum Gasteiger partial charge on any atom is -0.350 e. The topological polar surface area (TPSA) is 105 Å². The van der Waals surface area contributed by atoms with Crippen LogP contribution in [0.15, 0.2) is 67.8 Å². The molecule has 38 heavy (non-hydrogen) atoms. The van der Waals surface area contributed by atoms with Crippen LogP contribution in [0.1, 0.15) is 22.3 Å². The quantitative estimate of drug-likeness (QED) is 0.408. The van der Waals surface area contributed by atoms with Gasteiger partial charge in [0, 0.05) is 44.4 Å². The van der Waals surface area contributed by atoms with E-state index in [0.29, 0.717) is 36.0 Å². The number of alkyl halides is 3. The number of amides is 1. The molecule has 1 atom stereocenters. The number of imidazole rings is 1. The molecule has 0 aromatic carbocycles. The molecule has 5 heterocycles. The third-order valence-electron chi connectivity index (χ3n) is 6.10. The monoisotopic (exact) mass is 523 g/mol. The standard InChI is InChI=1S/C25H24F3N9O/c1-17-2-4-22(30-11-17)37-9-8-35(15-20(37)10-25(26,27)28)24-32-13-19(14-33-24)34-23(38)18-3-5-21(31-12-18)36-7-6-29-16-36/h2-7,11-14,16,20H,8-10,15H2,1H3,(H,34,38). The molecule has 196 valence electrons. The van der Waals surface area contributed by atoms with Crippen LogP contribution in [-0.4, -0.2) is 67.2 Å². The fraction of sp³-hybridized carbons (Fsp3) is 0.280. The largest absolute Gasteiger partial charge is 0.391 e. The summed E-state index contributed by atoms with van der Waals surface area (Å²) < 4.78 is 41.9. The van der Waals surface area contributed by atoms with Crippen molar-refractivity contribution in [3.63, 3.8) is 0 Å². The highest BCUT2D eigenvalue weighted by Crippen LogP contribution is 2.30. The van der Waals surface area contributed by atoms with Crippen molar-refractivity contribution in [1.29, 1.82) is 0 Å². The van der Waals surface area contributed by atoms with E-state index in [4.69, 9.17) is 0 Å². The lowest BCUT2D eigenvalue weighted by Gasteiger charge is -2.42. The summed E-state index contributed by atoms with van der Waals surface area (Å²) in [5.74, 6) is 1.03. The number of nitrogens with one attached hydrogen (secondary N) is 1. The third-order valence-corrected chi connectivity index (χ3v) is 6.10. The first kappa shape index (κ1) is 25.1. The van der Waals surface area contributed by atoms with E-state index in [9.17, 15) is 18.0 Å². The van der Waals surface area contributed by atoms with Gasteiger partial charge in [0.25, 0.3) is 5.91 Å². The molecule has 5 rings (SSSR count). The SMILES string of the molecule is Cc1ccc(N2CCN(c3ncc(NC(=O)c4ccc(-n5ccnc5)nc4)cn3)CC2CC(F)(F)F)nc1. The highest BCUT2D eigenvalue weighted by atomic mass is 19.4. The molecule has 1 fully saturated rings. The van der Waals surface area contributed by atoms with Crippen molar-refractivity contribution in [1.82, 2.24) is 29.5 Å². The van der Waals surface area contributed by atoms with E-state index in [1.165, 1.54) is 18.6 Å². The number of hydrogen-bond acceptors (Lipinski definition) is 8. The molecule has 4 aromatic rings. The average Bonchev–Trinajstić information content (AvgIpc) is 3.44. The lowest BCUT2D eigenvalue weighted by Crippen LogP contribution is -2.55. The van der Waals surface area contributed by atoms with E-state index in [1.54, 1.807) is 57.5 Å². The van der Waals surface area contributed by atoms with Crippen molar-refractivity contribution in [2.75, 3.05) is 34.8 Å². The summed E-state index contributed by atoms with van der Waals surface area (Å²) in [6.07, 6.45) is 5.61. The van der Waals surface area contributed by atoms with Gasteiger partial charge < -0.3 is 15.1 Å². The molecule has 1 aliphatic rings. The number of hydrogen-bond donors (Lipinski definition) is 1. The average molecular weight is 524 g/mol. The summed E-state index contributed by atoms with van der Waals surface area (Å²) in [6.45, 7) is 2.71. The molecule has 13 heteroatoms. The van der Waals surface area contributed by atoms with Crippen LogP contribution in [0, 0.1) is 6.92 Å². The molecule has 0 aliphatic carbocycles. The fourth-order valence-electron chi connectivity index (χ4n) is 4.23. The van der Waals surface area contributed by atoms with Crippen LogP contribution in [0.3, 0.4) is 0 Å². The maximum absolute atomic E-state index is 13.4. The van der Waals surface area contributed by atoms with E-state index in [2.05, 4.69) is 30.2 Å². The maximum atomic E-state index is 13.4. The molecular formula is C25H24F3N9O. The van der Waals surface area contributed by atoms with Crippen molar-refractivity contribution in [3.05, 3.63) is 78.9 Å². The fourth-order valence-corrected chi connectivity index (χ4v) is 4.23. The van der Waals surface area contributed by atoms with Crippen LogP contribution < -0.4 is 15.1 Å². The second-order valence-corrected chi connectivity index (χ2v) is 8.91. The number of rotatable bonds is 6. The molecule has 0 spiro atoms. The summed E-state index contributed by atoms with van der Waals surface area (Å²) in [5, 5.41) is 2.71. The Morgan fingerprint density at radius 2 is 1.76 bits per heavy atom. The van der Waals surface area contributed by atoms with Crippen molar-refractivity contribution >= 4 is 23.4 Å². The van der Waals surface area contributed by atoms with Crippen molar-refractivity contribution in [2.24, 2.45) is 0 Å². The highest BCUT2D eigenvalue weighted by Gasteiger charge is 2.38. The van der Waals surface area contributed by atoms with Crippen LogP contribution in [0.25, 0.3) is 5.82 Å². The number of aryl methyl sites for hydroxylation is 1. The molecule has 1 saturated heterocycles. The molecule has 1 amide bonds. The van der Waals surface area contributed by atoms with Gasteiger partial charge in [0.2, 0.25) is 5.95 Å². The predicted molar refractivity (Wildman–Crippen MR) is 134 cm³/mol. The zero-order valence-electron chi connectivity index (χ0n) is 20.4. The minimum absolute atomic E-state index is 0.0791. The van der Waals surface area contributed by atoms with Crippen LogP contribution >= 0.6 is 0 Å². The summed E-state index contributed by atoms with van der Waals surface area (Å²) in [6, 6.07) is 6.05. The van der Waals surface area contributed by atoms with Crippen molar-refractivity contribution in [3.8, 4) is 5.82 Å². The molecule has 0 saturated carbocycles. The molecular weight excluding hydrogens is 499 g/mol. The molecule has 1 aliphatic heterocycles. The first-order valence-electron chi connectivity index (χ1n) is 11.8. The van der Waals surface area contributed by atoms with E-state index in [-0.39, 0.29) is 12.5 Å². The Morgan fingerprint density at radius 3 is 2.39 bits per heavy atom. The molecule has 0 radical (unpaired) electrons. The number of halogens is 3. The second kappa shape index (κ2) is 10.4. The lowest BCUT2D eigenvalue weighted by molar-refractivity contribution is -0.138.